The maximum Gasteiger partial charge on any atom is 0.238 e. The van der Waals surface area contributed by atoms with Gasteiger partial charge in [0.2, 0.25) is 15.9 Å². The maximum absolute atomic E-state index is 13.7. The fourth-order valence-electron chi connectivity index (χ4n) is 2.82. The van der Waals surface area contributed by atoms with Crippen molar-refractivity contribution in [1.29, 1.82) is 0 Å². The third-order valence-corrected chi connectivity index (χ3v) is 6.17. The lowest BCUT2D eigenvalue weighted by Crippen LogP contribution is -2.15. The van der Waals surface area contributed by atoms with Crippen molar-refractivity contribution in [2.45, 2.75) is 36.4 Å². The molecule has 0 bridgehead atoms. The van der Waals surface area contributed by atoms with Crippen LogP contribution < -0.4 is 10.5 Å². The first-order valence-corrected chi connectivity index (χ1v) is 11.6. The molecular weight excluding hydrogens is 434 g/mol. The lowest BCUT2D eigenvalue weighted by atomic mass is 10.3. The number of anilines is 1. The van der Waals surface area contributed by atoms with E-state index in [2.05, 4.69) is 10.3 Å². The van der Waals surface area contributed by atoms with Gasteiger partial charge in [-0.25, -0.2) is 27.3 Å². The summed E-state index contributed by atoms with van der Waals surface area (Å²) >= 11 is 1.12. The molecule has 0 fully saturated rings. The fraction of sp³-hybridized carbons (Fsp3) is 0.263. The van der Waals surface area contributed by atoms with Gasteiger partial charge in [0.25, 0.3) is 0 Å². The third-order valence-electron chi connectivity index (χ3n) is 4.28. The number of amides is 1. The predicted octanol–water partition coefficient (Wildman–Crippen LogP) is 3.49. The normalized spacial score (nSPS) is 11.7. The molecule has 0 saturated carbocycles. The van der Waals surface area contributed by atoms with Crippen LogP contribution >= 0.6 is 11.8 Å². The summed E-state index contributed by atoms with van der Waals surface area (Å²) in [5.41, 5.74) is 0.921. The Hall–Kier alpha value is -2.50. The molecule has 0 unspecified atom stereocenters. The summed E-state index contributed by atoms with van der Waals surface area (Å²) in [6.45, 7) is 2.66. The molecule has 0 aliphatic rings. The molecule has 3 N–H and O–H groups in total. The van der Waals surface area contributed by atoms with Gasteiger partial charge in [-0.2, -0.15) is 0 Å². The molecule has 30 heavy (non-hydrogen) atoms. The zero-order valence-electron chi connectivity index (χ0n) is 16.1. The number of aromatic nitrogens is 2. The SMILES string of the molecule is CCCCn1c(SCC(=O)Nc2cc(F)ccc2F)nc2cc(S(N)(=O)=O)ccc21. The van der Waals surface area contributed by atoms with E-state index in [1.165, 1.54) is 12.1 Å². The monoisotopic (exact) mass is 454 g/mol. The highest BCUT2D eigenvalue weighted by Crippen LogP contribution is 2.27. The van der Waals surface area contributed by atoms with Crippen LogP contribution in [0.2, 0.25) is 0 Å². The maximum atomic E-state index is 13.7. The molecule has 7 nitrogen and oxygen atoms in total. The predicted molar refractivity (Wildman–Crippen MR) is 112 cm³/mol. The van der Waals surface area contributed by atoms with E-state index in [0.717, 1.165) is 48.3 Å². The number of benzene rings is 2. The van der Waals surface area contributed by atoms with E-state index >= 15 is 0 Å². The molecule has 2 aromatic carbocycles. The Morgan fingerprint density at radius 3 is 2.70 bits per heavy atom. The van der Waals surface area contributed by atoms with Gasteiger partial charge in [-0.05, 0) is 36.8 Å². The molecule has 3 aromatic rings. The minimum atomic E-state index is -3.87. The number of nitrogens with zero attached hydrogens (tertiary/aromatic N) is 2. The number of aryl methyl sites for hydroxylation is 1. The summed E-state index contributed by atoms with van der Waals surface area (Å²) in [6, 6.07) is 7.24. The number of nitrogens with one attached hydrogen (secondary N) is 1. The highest BCUT2D eigenvalue weighted by atomic mass is 32.2. The Bertz CT molecular complexity index is 1200. The van der Waals surface area contributed by atoms with Gasteiger partial charge in [-0.3, -0.25) is 4.79 Å². The Balaban J connectivity index is 1.83. The van der Waals surface area contributed by atoms with Crippen molar-refractivity contribution in [3.8, 4) is 0 Å². The molecule has 0 aliphatic heterocycles. The number of imidazole rings is 1. The molecule has 0 atom stereocenters. The van der Waals surface area contributed by atoms with Crippen LogP contribution in [0.4, 0.5) is 14.5 Å². The standard InChI is InChI=1S/C19H20F2N4O3S2/c1-2-3-8-25-17-7-5-13(30(22,27)28)10-16(17)24-19(25)29-11-18(26)23-15-9-12(20)4-6-14(15)21/h4-7,9-10H,2-3,8,11H2,1H3,(H,23,26)(H2,22,27,28). The first kappa shape index (κ1) is 22.2. The van der Waals surface area contributed by atoms with E-state index in [9.17, 15) is 22.0 Å². The van der Waals surface area contributed by atoms with Crippen molar-refractivity contribution >= 4 is 44.4 Å². The van der Waals surface area contributed by atoms with E-state index in [1.807, 2.05) is 11.5 Å². The molecule has 1 aromatic heterocycles. The highest BCUT2D eigenvalue weighted by molar-refractivity contribution is 7.99. The second-order valence-corrected chi connectivity index (χ2v) is 9.06. The first-order chi connectivity index (χ1) is 14.2. The second kappa shape index (κ2) is 9.11. The van der Waals surface area contributed by atoms with Gasteiger partial charge in [0.05, 0.1) is 27.4 Å². The molecular formula is C19H20F2N4O3S2. The van der Waals surface area contributed by atoms with E-state index in [0.29, 0.717) is 17.2 Å². The minimum Gasteiger partial charge on any atom is -0.323 e. The number of carbonyl (C=O) groups is 1. The molecule has 3 rings (SSSR count). The quantitative estimate of drug-likeness (QED) is 0.507. The molecule has 1 amide bonds. The number of hydrogen-bond acceptors (Lipinski definition) is 5. The lowest BCUT2D eigenvalue weighted by Gasteiger charge is -2.09. The van der Waals surface area contributed by atoms with Crippen LogP contribution in [0.5, 0.6) is 0 Å². The Morgan fingerprint density at radius 2 is 2.00 bits per heavy atom. The number of nitrogens with two attached hydrogens (primary N) is 1. The summed E-state index contributed by atoms with van der Waals surface area (Å²) in [5.74, 6) is -2.01. The average Bonchev–Trinajstić information content (AvgIpc) is 3.03. The van der Waals surface area contributed by atoms with Crippen molar-refractivity contribution in [1.82, 2.24) is 9.55 Å². The largest absolute Gasteiger partial charge is 0.323 e. The van der Waals surface area contributed by atoms with E-state index in [1.54, 1.807) is 6.07 Å². The van der Waals surface area contributed by atoms with Crippen LogP contribution in [0, 0.1) is 11.6 Å². The van der Waals surface area contributed by atoms with Crippen LogP contribution in [-0.2, 0) is 21.4 Å². The van der Waals surface area contributed by atoms with E-state index in [-0.39, 0.29) is 16.3 Å². The summed E-state index contributed by atoms with van der Waals surface area (Å²) in [7, 11) is -3.87. The molecule has 0 radical (unpaired) electrons. The van der Waals surface area contributed by atoms with Gasteiger partial charge in [0.15, 0.2) is 5.16 Å². The van der Waals surface area contributed by atoms with Crippen molar-refractivity contribution < 1.29 is 22.0 Å². The topological polar surface area (TPSA) is 107 Å². The number of hydrogen-bond donors (Lipinski definition) is 2. The van der Waals surface area contributed by atoms with Crippen molar-refractivity contribution in [3.05, 3.63) is 48.0 Å². The molecule has 0 aliphatic carbocycles. The molecule has 160 valence electrons. The zero-order valence-corrected chi connectivity index (χ0v) is 17.7. The Kier molecular flexibility index (Phi) is 6.74. The van der Waals surface area contributed by atoms with Crippen LogP contribution in [-0.4, -0.2) is 29.6 Å². The van der Waals surface area contributed by atoms with Gasteiger partial charge in [-0.1, -0.05) is 25.1 Å². The second-order valence-electron chi connectivity index (χ2n) is 6.56. The van der Waals surface area contributed by atoms with E-state index < -0.39 is 27.6 Å². The zero-order chi connectivity index (χ0) is 21.9. The van der Waals surface area contributed by atoms with Crippen LogP contribution in [0.3, 0.4) is 0 Å². The van der Waals surface area contributed by atoms with Gasteiger partial charge in [-0.15, -0.1) is 0 Å². The fourth-order valence-corrected chi connectivity index (χ4v) is 4.19. The van der Waals surface area contributed by atoms with Gasteiger partial charge >= 0.3 is 0 Å². The average molecular weight is 455 g/mol. The molecule has 0 spiro atoms. The smallest absolute Gasteiger partial charge is 0.238 e. The number of sulfonamides is 1. The summed E-state index contributed by atoms with van der Waals surface area (Å²) in [4.78, 5) is 16.6. The summed E-state index contributed by atoms with van der Waals surface area (Å²) in [6.07, 6.45) is 1.79. The Labute approximate surface area is 176 Å². The van der Waals surface area contributed by atoms with Gasteiger partial charge in [0.1, 0.15) is 11.6 Å². The van der Waals surface area contributed by atoms with Crippen molar-refractivity contribution in [2.24, 2.45) is 5.14 Å². The number of thioether (sulfide) groups is 1. The van der Waals surface area contributed by atoms with E-state index in [4.69, 9.17) is 5.14 Å². The molecule has 0 saturated heterocycles. The third kappa shape index (κ3) is 5.15. The van der Waals surface area contributed by atoms with Gasteiger partial charge in [0, 0.05) is 12.6 Å². The minimum absolute atomic E-state index is 0.0500. The number of fused-ring (bicyclic) bond motifs is 1. The number of carbonyl (C=O) groups excluding carboxylic acids is 1. The lowest BCUT2D eigenvalue weighted by molar-refractivity contribution is -0.113. The van der Waals surface area contributed by atoms with Crippen LogP contribution in [0.15, 0.2) is 46.5 Å². The van der Waals surface area contributed by atoms with Gasteiger partial charge < -0.3 is 9.88 Å². The first-order valence-electron chi connectivity index (χ1n) is 9.10. The number of unbranched alkanes of at least 4 members (excludes halogenated alkanes) is 1. The summed E-state index contributed by atoms with van der Waals surface area (Å²) < 4.78 is 52.1. The number of halogens is 2. The number of primary sulfonamides is 1. The molecule has 1 heterocycles. The summed E-state index contributed by atoms with van der Waals surface area (Å²) in [5, 5.41) is 8.04. The van der Waals surface area contributed by atoms with Crippen LogP contribution in [0.1, 0.15) is 19.8 Å². The highest BCUT2D eigenvalue weighted by Gasteiger charge is 2.17. The van der Waals surface area contributed by atoms with Crippen LogP contribution in [0.25, 0.3) is 11.0 Å². The van der Waals surface area contributed by atoms with Crippen molar-refractivity contribution in [3.63, 3.8) is 0 Å². The Morgan fingerprint density at radius 1 is 1.23 bits per heavy atom. The van der Waals surface area contributed by atoms with Crippen molar-refractivity contribution in [2.75, 3.05) is 11.1 Å². The number of rotatable bonds is 8. The molecule has 11 heteroatoms.